The molecule has 10 heteroatoms. The van der Waals surface area contributed by atoms with Crippen molar-refractivity contribution >= 4 is 35.6 Å². The monoisotopic (exact) mass is 553 g/mol. The highest BCUT2D eigenvalue weighted by atomic mass is 127. The standard InChI is InChI=1S/C21H33F2N5O2.HI/c1-3-24-21(25-14-16(2)27-10-12-29-13-11-27)26-17-8-9-28(15-17)18-6-4-5-7-19(18)30-20(22)23;/h4-7,16-17,20H,3,8-15H2,1-2H3,(H2,24,25,26);1H. The number of ether oxygens (including phenoxy) is 2. The van der Waals surface area contributed by atoms with Crippen molar-refractivity contribution in [1.82, 2.24) is 15.5 Å². The van der Waals surface area contributed by atoms with Gasteiger partial charge in [-0.05, 0) is 32.4 Å². The van der Waals surface area contributed by atoms with E-state index in [-0.39, 0.29) is 35.8 Å². The van der Waals surface area contributed by atoms with Crippen molar-refractivity contribution in [3.8, 4) is 5.75 Å². The van der Waals surface area contributed by atoms with Gasteiger partial charge < -0.3 is 25.0 Å². The number of hydrogen-bond donors (Lipinski definition) is 2. The molecule has 1 aromatic rings. The SMILES string of the molecule is CCNC(=NCC(C)N1CCOCC1)NC1CCN(c2ccccc2OC(F)F)C1.I. The molecule has 0 radical (unpaired) electrons. The zero-order chi connectivity index (χ0) is 21.3. The maximum atomic E-state index is 12.7. The number of rotatable bonds is 8. The molecule has 0 spiro atoms. The van der Waals surface area contributed by atoms with Gasteiger partial charge in [0.15, 0.2) is 5.96 Å². The molecular weight excluding hydrogens is 519 g/mol. The highest BCUT2D eigenvalue weighted by Crippen LogP contribution is 2.31. The lowest BCUT2D eigenvalue weighted by molar-refractivity contribution is -0.0495. The van der Waals surface area contributed by atoms with E-state index in [2.05, 4.69) is 27.4 Å². The van der Waals surface area contributed by atoms with Gasteiger partial charge in [0.25, 0.3) is 0 Å². The molecule has 31 heavy (non-hydrogen) atoms. The van der Waals surface area contributed by atoms with Crippen LogP contribution >= 0.6 is 24.0 Å². The Balaban J connectivity index is 0.00000341. The second-order valence-corrected chi connectivity index (χ2v) is 7.64. The molecule has 0 amide bonds. The zero-order valence-corrected chi connectivity index (χ0v) is 20.6. The lowest BCUT2D eigenvalue weighted by Gasteiger charge is -2.31. The molecule has 0 aromatic heterocycles. The van der Waals surface area contributed by atoms with Gasteiger partial charge in [-0.1, -0.05) is 12.1 Å². The van der Waals surface area contributed by atoms with Crippen molar-refractivity contribution in [2.75, 3.05) is 57.4 Å². The molecule has 2 aliphatic heterocycles. The van der Waals surface area contributed by atoms with Gasteiger partial charge in [-0.2, -0.15) is 8.78 Å². The first-order chi connectivity index (χ1) is 14.6. The van der Waals surface area contributed by atoms with Crippen molar-refractivity contribution in [2.45, 2.75) is 39.0 Å². The van der Waals surface area contributed by atoms with Gasteiger partial charge in [-0.15, -0.1) is 24.0 Å². The summed E-state index contributed by atoms with van der Waals surface area (Å²) >= 11 is 0. The van der Waals surface area contributed by atoms with Crippen LogP contribution in [0, 0.1) is 0 Å². The maximum Gasteiger partial charge on any atom is 0.387 e. The van der Waals surface area contributed by atoms with Gasteiger partial charge in [0.05, 0.1) is 25.4 Å². The number of para-hydroxylation sites is 2. The molecule has 7 nitrogen and oxygen atoms in total. The number of guanidine groups is 1. The van der Waals surface area contributed by atoms with Gasteiger partial charge in [0.1, 0.15) is 5.75 Å². The Morgan fingerprint density at radius 2 is 2.00 bits per heavy atom. The Bertz CT molecular complexity index is 691. The molecule has 0 saturated carbocycles. The van der Waals surface area contributed by atoms with E-state index in [1.54, 1.807) is 12.1 Å². The number of morpholine rings is 1. The van der Waals surface area contributed by atoms with E-state index in [9.17, 15) is 8.78 Å². The number of halogens is 3. The van der Waals surface area contributed by atoms with Gasteiger partial charge in [0.2, 0.25) is 0 Å². The second kappa shape index (κ2) is 13.2. The summed E-state index contributed by atoms with van der Waals surface area (Å²) in [5.74, 6) is 1.01. The van der Waals surface area contributed by atoms with Gasteiger partial charge in [-0.25, -0.2) is 0 Å². The van der Waals surface area contributed by atoms with E-state index in [0.29, 0.717) is 24.8 Å². The van der Waals surface area contributed by atoms with Crippen LogP contribution in [-0.2, 0) is 4.74 Å². The van der Waals surface area contributed by atoms with E-state index in [1.165, 1.54) is 0 Å². The largest absolute Gasteiger partial charge is 0.433 e. The van der Waals surface area contributed by atoms with Crippen molar-refractivity contribution in [3.63, 3.8) is 0 Å². The quantitative estimate of drug-likeness (QED) is 0.294. The first-order valence-electron chi connectivity index (χ1n) is 10.7. The number of nitrogens with one attached hydrogen (secondary N) is 2. The summed E-state index contributed by atoms with van der Waals surface area (Å²) in [4.78, 5) is 9.25. The van der Waals surface area contributed by atoms with E-state index in [0.717, 1.165) is 51.8 Å². The van der Waals surface area contributed by atoms with Crippen LogP contribution in [0.5, 0.6) is 5.75 Å². The minimum atomic E-state index is -2.83. The third kappa shape index (κ3) is 7.90. The molecule has 2 aliphatic rings. The molecule has 2 atom stereocenters. The molecule has 0 bridgehead atoms. The number of nitrogens with zero attached hydrogens (tertiary/aromatic N) is 3. The summed E-state index contributed by atoms with van der Waals surface area (Å²) in [6.45, 7) is 7.80. The van der Waals surface area contributed by atoms with E-state index in [4.69, 9.17) is 14.5 Å². The number of alkyl halides is 2. The summed E-state index contributed by atoms with van der Waals surface area (Å²) in [5.41, 5.74) is 0.699. The Hall–Kier alpha value is -1.40. The first-order valence-corrected chi connectivity index (χ1v) is 10.7. The molecule has 2 N–H and O–H groups in total. The Kier molecular flexibility index (Phi) is 11.0. The minimum absolute atomic E-state index is 0. The maximum absolute atomic E-state index is 12.7. The normalized spacial score (nSPS) is 21.0. The van der Waals surface area contributed by atoms with Crippen LogP contribution < -0.4 is 20.3 Å². The molecule has 2 unspecified atom stereocenters. The predicted molar refractivity (Wildman–Crippen MR) is 130 cm³/mol. The van der Waals surface area contributed by atoms with Crippen LogP contribution in [-0.4, -0.2) is 82.0 Å². The molecule has 2 saturated heterocycles. The Morgan fingerprint density at radius 1 is 1.26 bits per heavy atom. The average Bonchev–Trinajstić information content (AvgIpc) is 3.21. The minimum Gasteiger partial charge on any atom is -0.433 e. The summed E-state index contributed by atoms with van der Waals surface area (Å²) < 4.78 is 35.5. The van der Waals surface area contributed by atoms with Gasteiger partial charge >= 0.3 is 6.61 Å². The summed E-state index contributed by atoms with van der Waals surface area (Å²) in [7, 11) is 0. The third-order valence-electron chi connectivity index (χ3n) is 5.48. The first kappa shape index (κ1) is 25.9. The highest BCUT2D eigenvalue weighted by molar-refractivity contribution is 14.0. The van der Waals surface area contributed by atoms with Crippen LogP contribution in [0.2, 0.25) is 0 Å². The van der Waals surface area contributed by atoms with Crippen LogP contribution in [0.25, 0.3) is 0 Å². The molecule has 176 valence electrons. The lowest BCUT2D eigenvalue weighted by Crippen LogP contribution is -2.46. The molecule has 1 aromatic carbocycles. The number of hydrogen-bond acceptors (Lipinski definition) is 5. The highest BCUT2D eigenvalue weighted by Gasteiger charge is 2.26. The smallest absolute Gasteiger partial charge is 0.387 e. The Labute approximate surface area is 200 Å². The molecule has 2 heterocycles. The fourth-order valence-electron chi connectivity index (χ4n) is 3.88. The zero-order valence-electron chi connectivity index (χ0n) is 18.2. The number of anilines is 1. The fourth-order valence-corrected chi connectivity index (χ4v) is 3.88. The van der Waals surface area contributed by atoms with Crippen LogP contribution in [0.1, 0.15) is 20.3 Å². The molecule has 2 fully saturated rings. The van der Waals surface area contributed by atoms with Crippen LogP contribution in [0.4, 0.5) is 14.5 Å². The summed E-state index contributed by atoms with van der Waals surface area (Å²) in [5, 5.41) is 6.81. The fraction of sp³-hybridized carbons (Fsp3) is 0.667. The van der Waals surface area contributed by atoms with Crippen molar-refractivity contribution in [3.05, 3.63) is 24.3 Å². The van der Waals surface area contributed by atoms with Gasteiger partial charge in [0, 0.05) is 44.8 Å². The molecular formula is C21H34F2IN5O2. The van der Waals surface area contributed by atoms with Crippen LogP contribution in [0.15, 0.2) is 29.3 Å². The summed E-state index contributed by atoms with van der Waals surface area (Å²) in [6.07, 6.45) is 0.895. The van der Waals surface area contributed by atoms with Crippen molar-refractivity contribution in [2.24, 2.45) is 4.99 Å². The average molecular weight is 553 g/mol. The van der Waals surface area contributed by atoms with Crippen LogP contribution in [0.3, 0.4) is 0 Å². The van der Waals surface area contributed by atoms with E-state index < -0.39 is 6.61 Å². The topological polar surface area (TPSA) is 61.4 Å². The Morgan fingerprint density at radius 3 is 2.71 bits per heavy atom. The van der Waals surface area contributed by atoms with E-state index in [1.807, 2.05) is 19.1 Å². The predicted octanol–water partition coefficient (Wildman–Crippen LogP) is 2.76. The number of benzene rings is 1. The third-order valence-corrected chi connectivity index (χ3v) is 5.48. The van der Waals surface area contributed by atoms with E-state index >= 15 is 0 Å². The molecule has 3 rings (SSSR count). The molecule has 0 aliphatic carbocycles. The van der Waals surface area contributed by atoms with Crippen molar-refractivity contribution < 1.29 is 18.3 Å². The van der Waals surface area contributed by atoms with Crippen molar-refractivity contribution in [1.29, 1.82) is 0 Å². The summed E-state index contributed by atoms with van der Waals surface area (Å²) in [6, 6.07) is 7.49. The second-order valence-electron chi connectivity index (χ2n) is 7.64. The lowest BCUT2D eigenvalue weighted by atomic mass is 10.2. The van der Waals surface area contributed by atoms with Gasteiger partial charge in [-0.3, -0.25) is 9.89 Å². The number of aliphatic imine (C=N–C) groups is 1.